The van der Waals surface area contributed by atoms with Crippen LogP contribution in [0.3, 0.4) is 0 Å². The van der Waals surface area contributed by atoms with Gasteiger partial charge < -0.3 is 14.2 Å². The summed E-state index contributed by atoms with van der Waals surface area (Å²) in [6, 6.07) is 1.88. The molecule has 0 heterocycles. The van der Waals surface area contributed by atoms with Gasteiger partial charge in [0.25, 0.3) is 14.7 Å². The second-order valence-corrected chi connectivity index (χ2v) is 6.59. The highest BCUT2D eigenvalue weighted by molar-refractivity contribution is 8.13. The Kier molecular flexibility index (Phi) is 5.76. The molecule has 0 N–H and O–H groups in total. The number of hydrogen-bond acceptors (Lipinski definition) is 7. The SMILES string of the molecule is COCC(C)Oc1cc([N+](=O)[O-])cc(S(=O)(=O)Cl)c1OC. The lowest BCUT2D eigenvalue weighted by atomic mass is 10.2. The lowest BCUT2D eigenvalue weighted by Crippen LogP contribution is -2.18. The molecule has 0 bridgehead atoms. The molecule has 1 atom stereocenters. The highest BCUT2D eigenvalue weighted by Crippen LogP contribution is 2.40. The Hall–Kier alpha value is -1.58. The van der Waals surface area contributed by atoms with Crippen LogP contribution in [0.25, 0.3) is 0 Å². The van der Waals surface area contributed by atoms with Gasteiger partial charge in [0.2, 0.25) is 0 Å². The van der Waals surface area contributed by atoms with Crippen LogP contribution in [0, 0.1) is 10.1 Å². The van der Waals surface area contributed by atoms with E-state index in [1.807, 2.05) is 0 Å². The fourth-order valence-corrected chi connectivity index (χ4v) is 2.63. The Labute approximate surface area is 126 Å². The summed E-state index contributed by atoms with van der Waals surface area (Å²) in [5, 5.41) is 10.9. The average Bonchev–Trinajstić information content (AvgIpc) is 2.36. The molecule has 118 valence electrons. The normalized spacial score (nSPS) is 12.8. The van der Waals surface area contributed by atoms with Crippen LogP contribution in [0.2, 0.25) is 0 Å². The number of ether oxygens (including phenoxy) is 3. The minimum absolute atomic E-state index is 0.101. The first-order chi connectivity index (χ1) is 9.70. The van der Waals surface area contributed by atoms with Gasteiger partial charge in [0.15, 0.2) is 11.5 Å². The molecule has 1 aromatic carbocycles. The van der Waals surface area contributed by atoms with Crippen molar-refractivity contribution in [1.29, 1.82) is 0 Å². The first kappa shape index (κ1) is 17.5. The maximum atomic E-state index is 11.5. The zero-order valence-corrected chi connectivity index (χ0v) is 13.1. The second kappa shape index (κ2) is 6.92. The molecule has 21 heavy (non-hydrogen) atoms. The third-order valence-electron chi connectivity index (χ3n) is 2.41. The molecule has 8 nitrogen and oxygen atoms in total. The van der Waals surface area contributed by atoms with Gasteiger partial charge in [0, 0.05) is 23.9 Å². The van der Waals surface area contributed by atoms with E-state index in [9.17, 15) is 18.5 Å². The molecule has 0 aliphatic heterocycles. The molecule has 0 aromatic heterocycles. The summed E-state index contributed by atoms with van der Waals surface area (Å²) in [5.41, 5.74) is -0.477. The predicted molar refractivity (Wildman–Crippen MR) is 74.7 cm³/mol. The molecule has 0 aliphatic rings. The van der Waals surface area contributed by atoms with E-state index < -0.39 is 30.7 Å². The standard InChI is InChI=1S/C11H14ClNO7S/c1-7(6-18-2)20-9-4-8(13(14)15)5-10(11(9)19-3)21(12,16)17/h4-5,7H,6H2,1-3H3. The van der Waals surface area contributed by atoms with Crippen molar-refractivity contribution in [1.82, 2.24) is 0 Å². The summed E-state index contributed by atoms with van der Waals surface area (Å²) in [5.74, 6) is -0.297. The Morgan fingerprint density at radius 3 is 2.43 bits per heavy atom. The van der Waals surface area contributed by atoms with Crippen LogP contribution >= 0.6 is 10.7 Å². The van der Waals surface area contributed by atoms with Crippen LogP contribution < -0.4 is 9.47 Å². The number of methoxy groups -OCH3 is 2. The summed E-state index contributed by atoms with van der Waals surface area (Å²) < 4.78 is 38.3. The average molecular weight is 340 g/mol. The maximum Gasteiger partial charge on any atom is 0.274 e. The van der Waals surface area contributed by atoms with Gasteiger partial charge in [-0.1, -0.05) is 0 Å². The number of hydrogen-bond donors (Lipinski definition) is 0. The number of non-ortho nitro benzene ring substituents is 1. The highest BCUT2D eigenvalue weighted by Gasteiger charge is 2.26. The molecule has 0 fully saturated rings. The zero-order valence-electron chi connectivity index (χ0n) is 11.5. The summed E-state index contributed by atoms with van der Waals surface area (Å²) in [4.78, 5) is 9.61. The van der Waals surface area contributed by atoms with Crippen molar-refractivity contribution in [3.8, 4) is 11.5 Å². The van der Waals surface area contributed by atoms with Crippen LogP contribution in [-0.2, 0) is 13.8 Å². The van der Waals surface area contributed by atoms with Crippen molar-refractivity contribution in [2.75, 3.05) is 20.8 Å². The topological polar surface area (TPSA) is 105 Å². The number of rotatable bonds is 7. The minimum Gasteiger partial charge on any atom is -0.492 e. The number of benzene rings is 1. The predicted octanol–water partition coefficient (Wildman–Crippen LogP) is 1.94. The Balaban J connectivity index is 3.46. The van der Waals surface area contributed by atoms with Crippen molar-refractivity contribution in [3.05, 3.63) is 22.2 Å². The third-order valence-corrected chi connectivity index (χ3v) is 3.74. The van der Waals surface area contributed by atoms with Crippen LogP contribution in [0.1, 0.15) is 6.92 Å². The van der Waals surface area contributed by atoms with Crippen molar-refractivity contribution in [3.63, 3.8) is 0 Å². The van der Waals surface area contributed by atoms with Gasteiger partial charge in [0.05, 0.1) is 24.7 Å². The van der Waals surface area contributed by atoms with E-state index in [1.54, 1.807) is 6.92 Å². The van der Waals surface area contributed by atoms with Gasteiger partial charge in [-0.25, -0.2) is 8.42 Å². The van der Waals surface area contributed by atoms with Gasteiger partial charge in [-0.05, 0) is 6.92 Å². The lowest BCUT2D eigenvalue weighted by Gasteiger charge is -2.17. The van der Waals surface area contributed by atoms with E-state index in [2.05, 4.69) is 0 Å². The fourth-order valence-electron chi connectivity index (χ4n) is 1.62. The van der Waals surface area contributed by atoms with Gasteiger partial charge in [-0.2, -0.15) is 0 Å². The smallest absolute Gasteiger partial charge is 0.274 e. The quantitative estimate of drug-likeness (QED) is 0.424. The molecule has 1 rings (SSSR count). The molecule has 0 saturated carbocycles. The van der Waals surface area contributed by atoms with Crippen molar-refractivity contribution in [2.24, 2.45) is 0 Å². The van der Waals surface area contributed by atoms with E-state index in [1.165, 1.54) is 14.2 Å². The molecular weight excluding hydrogens is 326 g/mol. The van der Waals surface area contributed by atoms with Crippen LogP contribution in [-0.4, -0.2) is 40.3 Å². The molecule has 10 heteroatoms. The van der Waals surface area contributed by atoms with Crippen molar-refractivity contribution >= 4 is 25.4 Å². The van der Waals surface area contributed by atoms with Crippen LogP contribution in [0.5, 0.6) is 11.5 Å². The summed E-state index contributed by atoms with van der Waals surface area (Å²) in [7, 11) is 3.70. The largest absolute Gasteiger partial charge is 0.492 e. The summed E-state index contributed by atoms with van der Waals surface area (Å²) in [6.45, 7) is 1.85. The number of nitrogens with zero attached hydrogens (tertiary/aromatic N) is 1. The molecule has 1 unspecified atom stereocenters. The molecule has 1 aromatic rings. The first-order valence-corrected chi connectivity index (χ1v) is 7.98. The van der Waals surface area contributed by atoms with Crippen molar-refractivity contribution in [2.45, 2.75) is 17.9 Å². The monoisotopic (exact) mass is 339 g/mol. The molecule has 0 radical (unpaired) electrons. The Bertz CT molecular complexity index is 632. The van der Waals surface area contributed by atoms with E-state index in [0.29, 0.717) is 0 Å². The molecule has 0 amide bonds. The fraction of sp³-hybridized carbons (Fsp3) is 0.455. The first-order valence-electron chi connectivity index (χ1n) is 5.67. The minimum atomic E-state index is -4.24. The molecule has 0 spiro atoms. The van der Waals surface area contributed by atoms with Crippen LogP contribution in [0.4, 0.5) is 5.69 Å². The molecular formula is C11H14ClNO7S. The zero-order chi connectivity index (χ0) is 16.2. The maximum absolute atomic E-state index is 11.5. The summed E-state index contributed by atoms with van der Waals surface area (Å²) in [6.07, 6.45) is -0.475. The Morgan fingerprint density at radius 1 is 1.38 bits per heavy atom. The lowest BCUT2D eigenvalue weighted by molar-refractivity contribution is -0.385. The van der Waals surface area contributed by atoms with Gasteiger partial charge in [0.1, 0.15) is 11.0 Å². The van der Waals surface area contributed by atoms with Crippen molar-refractivity contribution < 1.29 is 27.6 Å². The third kappa shape index (κ3) is 4.45. The number of nitro groups is 1. The van der Waals surface area contributed by atoms with Crippen LogP contribution in [0.15, 0.2) is 17.0 Å². The molecule has 0 saturated heterocycles. The van der Waals surface area contributed by atoms with E-state index in [-0.39, 0.29) is 18.1 Å². The summed E-state index contributed by atoms with van der Waals surface area (Å²) >= 11 is 0. The number of nitro benzene ring substituents is 1. The van der Waals surface area contributed by atoms with Gasteiger partial charge in [-0.15, -0.1) is 0 Å². The highest BCUT2D eigenvalue weighted by atomic mass is 35.7. The second-order valence-electron chi connectivity index (χ2n) is 4.05. The Morgan fingerprint density at radius 2 is 2.00 bits per heavy atom. The van der Waals surface area contributed by atoms with Gasteiger partial charge >= 0.3 is 0 Å². The molecule has 0 aliphatic carbocycles. The van der Waals surface area contributed by atoms with E-state index in [4.69, 9.17) is 24.9 Å². The number of halogens is 1. The van der Waals surface area contributed by atoms with Gasteiger partial charge in [-0.3, -0.25) is 10.1 Å². The van der Waals surface area contributed by atoms with E-state index in [0.717, 1.165) is 12.1 Å². The van der Waals surface area contributed by atoms with E-state index >= 15 is 0 Å².